The highest BCUT2D eigenvalue weighted by Crippen LogP contribution is 2.34. The lowest BCUT2D eigenvalue weighted by molar-refractivity contribution is 0.0695. The summed E-state index contributed by atoms with van der Waals surface area (Å²) in [6, 6.07) is 10.9. The molecule has 0 bridgehead atoms. The lowest BCUT2D eigenvalue weighted by atomic mass is 9.94. The first kappa shape index (κ1) is 23.6. The Balaban J connectivity index is 0.000000757. The molecule has 0 spiro atoms. The zero-order valence-electron chi connectivity index (χ0n) is 17.9. The van der Waals surface area contributed by atoms with Crippen molar-refractivity contribution in [2.75, 3.05) is 6.54 Å². The number of benzene rings is 2. The Morgan fingerprint density at radius 3 is 2.40 bits per heavy atom. The van der Waals surface area contributed by atoms with Crippen LogP contribution >= 0.6 is 11.6 Å². The molecular formula is C24H29ClN2O3. The minimum Gasteiger partial charge on any atom is -0.505 e. The molecule has 160 valence electrons. The largest absolute Gasteiger partial charge is 0.505 e. The second kappa shape index (κ2) is 11.0. The van der Waals surface area contributed by atoms with Gasteiger partial charge in [0.15, 0.2) is 5.75 Å². The van der Waals surface area contributed by atoms with Gasteiger partial charge in [0.05, 0.1) is 11.2 Å². The molecule has 0 amide bonds. The molecule has 30 heavy (non-hydrogen) atoms. The summed E-state index contributed by atoms with van der Waals surface area (Å²) < 4.78 is 0. The van der Waals surface area contributed by atoms with Crippen molar-refractivity contribution in [1.29, 1.82) is 0 Å². The van der Waals surface area contributed by atoms with Gasteiger partial charge in [-0.15, -0.1) is 0 Å². The third-order valence-electron chi connectivity index (χ3n) is 4.78. The van der Waals surface area contributed by atoms with Crippen molar-refractivity contribution < 1.29 is 15.0 Å². The van der Waals surface area contributed by atoms with Crippen LogP contribution in [-0.2, 0) is 19.4 Å². The van der Waals surface area contributed by atoms with E-state index >= 15 is 0 Å². The average Bonchev–Trinajstić information content (AvgIpc) is 2.78. The van der Waals surface area contributed by atoms with Gasteiger partial charge in [-0.2, -0.15) is 0 Å². The van der Waals surface area contributed by atoms with Gasteiger partial charge < -0.3 is 15.5 Å². The molecule has 1 aliphatic rings. The zero-order valence-corrected chi connectivity index (χ0v) is 18.7. The van der Waals surface area contributed by atoms with Crippen LogP contribution in [0.25, 0.3) is 10.9 Å². The molecule has 0 atom stereocenters. The Labute approximate surface area is 182 Å². The number of fused-ring (bicyclic) bond motifs is 3. The number of carbonyl (C=O) groups is 1. The number of rotatable bonds is 3. The third kappa shape index (κ3) is 4.91. The van der Waals surface area contributed by atoms with Crippen LogP contribution in [0.15, 0.2) is 36.4 Å². The van der Waals surface area contributed by atoms with Gasteiger partial charge in [0.2, 0.25) is 0 Å². The van der Waals surface area contributed by atoms with Crippen molar-refractivity contribution in [2.45, 2.75) is 47.1 Å². The van der Waals surface area contributed by atoms with Crippen LogP contribution in [0.5, 0.6) is 5.75 Å². The monoisotopic (exact) mass is 428 g/mol. The minimum absolute atomic E-state index is 0.0904. The summed E-state index contributed by atoms with van der Waals surface area (Å²) >= 11 is 5.92. The van der Waals surface area contributed by atoms with Crippen molar-refractivity contribution in [3.05, 3.63) is 69.4 Å². The number of nitrogens with zero attached hydrogens (tertiary/aromatic N) is 1. The molecule has 0 unspecified atom stereocenters. The smallest absolute Gasteiger partial charge is 0.340 e. The number of pyridine rings is 1. The second-order valence-corrected chi connectivity index (χ2v) is 6.85. The van der Waals surface area contributed by atoms with Gasteiger partial charge in [-0.25, -0.2) is 9.78 Å². The van der Waals surface area contributed by atoms with Crippen LogP contribution in [0.4, 0.5) is 0 Å². The Morgan fingerprint density at radius 1 is 1.10 bits per heavy atom. The molecule has 1 aromatic heterocycles. The molecule has 1 aliphatic heterocycles. The Hall–Kier alpha value is -2.63. The molecule has 3 N–H and O–H groups in total. The predicted molar refractivity (Wildman–Crippen MR) is 123 cm³/mol. The van der Waals surface area contributed by atoms with Crippen molar-refractivity contribution >= 4 is 28.5 Å². The van der Waals surface area contributed by atoms with Crippen LogP contribution in [0.2, 0.25) is 5.02 Å². The molecule has 2 aromatic carbocycles. The summed E-state index contributed by atoms with van der Waals surface area (Å²) in [6.45, 7) is 9.53. The molecule has 0 fully saturated rings. The van der Waals surface area contributed by atoms with Crippen LogP contribution < -0.4 is 5.32 Å². The topological polar surface area (TPSA) is 82.5 Å². The second-order valence-electron chi connectivity index (χ2n) is 6.42. The van der Waals surface area contributed by atoms with Gasteiger partial charge in [0.1, 0.15) is 5.56 Å². The van der Waals surface area contributed by atoms with E-state index in [2.05, 4.69) is 10.3 Å². The van der Waals surface area contributed by atoms with Gasteiger partial charge in [0.25, 0.3) is 0 Å². The first-order valence-corrected chi connectivity index (χ1v) is 10.8. The summed E-state index contributed by atoms with van der Waals surface area (Å²) in [7, 11) is 0. The van der Waals surface area contributed by atoms with Gasteiger partial charge in [0, 0.05) is 23.4 Å². The average molecular weight is 429 g/mol. The van der Waals surface area contributed by atoms with Crippen LogP contribution in [-0.4, -0.2) is 27.7 Å². The highest BCUT2D eigenvalue weighted by atomic mass is 35.5. The SMILES string of the molecule is CC.CC.O=C(O)c1c(O)c(Cc2ccc(Cl)cc2)nc2c3c(ccc12)CCNC3. The normalized spacial score (nSPS) is 12.2. The van der Waals surface area contributed by atoms with Crippen LogP contribution in [0, 0.1) is 0 Å². The Kier molecular flexibility index (Phi) is 8.63. The van der Waals surface area contributed by atoms with Gasteiger partial charge in [-0.1, -0.05) is 63.6 Å². The number of halogens is 1. The summed E-state index contributed by atoms with van der Waals surface area (Å²) in [6.07, 6.45) is 1.21. The summed E-state index contributed by atoms with van der Waals surface area (Å²) in [5, 5.41) is 24.7. The van der Waals surface area contributed by atoms with Crippen molar-refractivity contribution in [2.24, 2.45) is 0 Å². The maximum Gasteiger partial charge on any atom is 0.340 e. The van der Waals surface area contributed by atoms with Gasteiger partial charge >= 0.3 is 5.97 Å². The fraction of sp³-hybridized carbons (Fsp3) is 0.333. The fourth-order valence-electron chi connectivity index (χ4n) is 3.47. The molecule has 0 saturated heterocycles. The number of aromatic nitrogens is 1. The summed E-state index contributed by atoms with van der Waals surface area (Å²) in [5.41, 5.74) is 3.99. The number of hydrogen-bond donors (Lipinski definition) is 3. The molecule has 0 radical (unpaired) electrons. The number of nitrogens with one attached hydrogen (secondary N) is 1. The Morgan fingerprint density at radius 2 is 1.77 bits per heavy atom. The van der Waals surface area contributed by atoms with E-state index in [1.807, 2.05) is 45.9 Å². The van der Waals surface area contributed by atoms with E-state index in [1.54, 1.807) is 18.2 Å². The fourth-order valence-corrected chi connectivity index (χ4v) is 3.60. The quantitative estimate of drug-likeness (QED) is 0.507. The van der Waals surface area contributed by atoms with E-state index in [0.29, 0.717) is 34.6 Å². The maximum absolute atomic E-state index is 11.8. The third-order valence-corrected chi connectivity index (χ3v) is 5.03. The van der Waals surface area contributed by atoms with E-state index in [1.165, 1.54) is 5.56 Å². The van der Waals surface area contributed by atoms with E-state index in [0.717, 1.165) is 24.1 Å². The molecular weight excluding hydrogens is 400 g/mol. The number of carboxylic acids is 1. The maximum atomic E-state index is 11.8. The molecule has 2 heterocycles. The van der Waals surface area contributed by atoms with Crippen LogP contribution in [0.3, 0.4) is 0 Å². The predicted octanol–water partition coefficient (Wildman–Crippen LogP) is 5.58. The number of carboxylic acid groups (broad SMARTS) is 1. The molecule has 4 rings (SSSR count). The summed E-state index contributed by atoms with van der Waals surface area (Å²) in [5.74, 6) is -1.43. The first-order chi connectivity index (χ1) is 14.5. The first-order valence-electron chi connectivity index (χ1n) is 10.4. The van der Waals surface area contributed by atoms with E-state index in [4.69, 9.17) is 11.6 Å². The van der Waals surface area contributed by atoms with E-state index in [9.17, 15) is 15.0 Å². The molecule has 0 saturated carbocycles. The number of hydrogen-bond acceptors (Lipinski definition) is 4. The summed E-state index contributed by atoms with van der Waals surface area (Å²) in [4.78, 5) is 16.5. The Bertz CT molecular complexity index is 1020. The zero-order chi connectivity index (χ0) is 22.3. The van der Waals surface area contributed by atoms with E-state index in [-0.39, 0.29) is 11.3 Å². The van der Waals surface area contributed by atoms with Crippen molar-refractivity contribution in [3.63, 3.8) is 0 Å². The van der Waals surface area contributed by atoms with Gasteiger partial charge in [-0.3, -0.25) is 0 Å². The number of aromatic carboxylic acids is 1. The standard InChI is InChI=1S/C20H17ClN2O3.2C2H6/c21-13-4-1-11(2-5-13)9-16-19(24)17(20(25)26)14-6-3-12-7-8-22-10-15(12)18(14)23-16;2*1-2/h1-6,22,24H,7-10H2,(H,25,26);2*1-2H3. The van der Waals surface area contributed by atoms with Crippen LogP contribution in [0.1, 0.15) is 60.4 Å². The highest BCUT2D eigenvalue weighted by molar-refractivity contribution is 6.30. The highest BCUT2D eigenvalue weighted by Gasteiger charge is 2.23. The molecule has 0 aliphatic carbocycles. The van der Waals surface area contributed by atoms with E-state index < -0.39 is 5.97 Å². The lowest BCUT2D eigenvalue weighted by Gasteiger charge is -2.20. The minimum atomic E-state index is -1.16. The van der Waals surface area contributed by atoms with Crippen molar-refractivity contribution in [1.82, 2.24) is 10.3 Å². The lowest BCUT2D eigenvalue weighted by Crippen LogP contribution is -2.24. The molecule has 5 nitrogen and oxygen atoms in total. The molecule has 6 heteroatoms. The van der Waals surface area contributed by atoms with Gasteiger partial charge in [-0.05, 0) is 41.8 Å². The molecule has 3 aromatic rings. The van der Waals surface area contributed by atoms with Crippen molar-refractivity contribution in [3.8, 4) is 5.75 Å². The number of aromatic hydroxyl groups is 1.